The van der Waals surface area contributed by atoms with Gasteiger partial charge in [0.25, 0.3) is 5.91 Å². The van der Waals surface area contributed by atoms with E-state index in [1.807, 2.05) is 43.3 Å². The van der Waals surface area contributed by atoms with E-state index in [1.54, 1.807) is 24.3 Å². The highest BCUT2D eigenvalue weighted by molar-refractivity contribution is 6.30. The van der Waals surface area contributed by atoms with E-state index >= 15 is 0 Å². The molecule has 0 saturated heterocycles. The third-order valence-electron chi connectivity index (χ3n) is 2.91. The van der Waals surface area contributed by atoms with Crippen molar-refractivity contribution in [2.45, 2.75) is 13.3 Å². The molecule has 0 saturated carbocycles. The standard InChI is InChI=1S/C17H17ClN2O/c1-2-6-16(13-7-4-3-5-8-13)19-20-17(21)14-9-11-15(18)12-10-14/h3-12,19H,2H2,1H3,(H,20,21). The van der Waals surface area contributed by atoms with Crippen LogP contribution in [0, 0.1) is 0 Å². The summed E-state index contributed by atoms with van der Waals surface area (Å²) in [5.41, 5.74) is 8.13. The molecule has 108 valence electrons. The van der Waals surface area contributed by atoms with Crippen LogP contribution in [0.5, 0.6) is 0 Å². The average Bonchev–Trinajstić information content (AvgIpc) is 2.52. The van der Waals surface area contributed by atoms with Crippen molar-refractivity contribution >= 4 is 23.2 Å². The molecule has 2 aromatic carbocycles. The zero-order valence-electron chi connectivity index (χ0n) is 11.8. The number of hydrogen-bond donors (Lipinski definition) is 2. The average molecular weight is 301 g/mol. The Morgan fingerprint density at radius 1 is 1.00 bits per heavy atom. The molecule has 0 aliphatic carbocycles. The monoisotopic (exact) mass is 300 g/mol. The molecule has 0 spiro atoms. The second-order valence-electron chi connectivity index (χ2n) is 4.48. The lowest BCUT2D eigenvalue weighted by Gasteiger charge is -2.12. The summed E-state index contributed by atoms with van der Waals surface area (Å²) in [7, 11) is 0. The van der Waals surface area contributed by atoms with Gasteiger partial charge in [-0.15, -0.1) is 0 Å². The number of allylic oxidation sites excluding steroid dienone is 1. The Kier molecular flexibility index (Phi) is 5.41. The summed E-state index contributed by atoms with van der Waals surface area (Å²) < 4.78 is 0. The molecular weight excluding hydrogens is 284 g/mol. The quantitative estimate of drug-likeness (QED) is 0.819. The van der Waals surface area contributed by atoms with Crippen LogP contribution >= 0.6 is 11.6 Å². The summed E-state index contributed by atoms with van der Waals surface area (Å²) in [4.78, 5) is 12.1. The van der Waals surface area contributed by atoms with Crippen LogP contribution in [0.25, 0.3) is 5.70 Å². The van der Waals surface area contributed by atoms with Gasteiger partial charge >= 0.3 is 0 Å². The molecule has 0 bridgehead atoms. The smallest absolute Gasteiger partial charge is 0.269 e. The van der Waals surface area contributed by atoms with Crippen LogP contribution < -0.4 is 10.9 Å². The summed E-state index contributed by atoms with van der Waals surface area (Å²) in [6.45, 7) is 2.05. The largest absolute Gasteiger partial charge is 0.298 e. The maximum Gasteiger partial charge on any atom is 0.269 e. The highest BCUT2D eigenvalue weighted by Crippen LogP contribution is 2.12. The van der Waals surface area contributed by atoms with E-state index in [4.69, 9.17) is 11.6 Å². The number of hydrazine groups is 1. The fourth-order valence-electron chi connectivity index (χ4n) is 1.86. The Hall–Kier alpha value is -2.26. The topological polar surface area (TPSA) is 41.1 Å². The maximum absolute atomic E-state index is 12.1. The Morgan fingerprint density at radius 2 is 1.67 bits per heavy atom. The van der Waals surface area contributed by atoms with Crippen LogP contribution in [0.4, 0.5) is 0 Å². The normalized spacial score (nSPS) is 11.0. The van der Waals surface area contributed by atoms with Crippen molar-refractivity contribution in [2.24, 2.45) is 0 Å². The van der Waals surface area contributed by atoms with Crippen LogP contribution in [0.2, 0.25) is 5.02 Å². The van der Waals surface area contributed by atoms with Gasteiger partial charge in [0.05, 0.1) is 5.70 Å². The van der Waals surface area contributed by atoms with Crippen LogP contribution in [0.15, 0.2) is 60.7 Å². The molecule has 0 radical (unpaired) electrons. The number of hydrogen-bond acceptors (Lipinski definition) is 2. The molecular formula is C17H17ClN2O. The van der Waals surface area contributed by atoms with Crippen molar-refractivity contribution < 1.29 is 4.79 Å². The van der Waals surface area contributed by atoms with Gasteiger partial charge in [-0.05, 0) is 36.2 Å². The van der Waals surface area contributed by atoms with E-state index < -0.39 is 0 Å². The summed E-state index contributed by atoms with van der Waals surface area (Å²) in [5, 5.41) is 0.607. The molecule has 4 heteroatoms. The molecule has 2 N–H and O–H groups in total. The fraction of sp³-hybridized carbons (Fsp3) is 0.118. The lowest BCUT2D eigenvalue weighted by Crippen LogP contribution is -2.36. The molecule has 21 heavy (non-hydrogen) atoms. The number of halogens is 1. The number of rotatable bonds is 5. The van der Waals surface area contributed by atoms with Crippen LogP contribution in [-0.2, 0) is 0 Å². The molecule has 3 nitrogen and oxygen atoms in total. The first kappa shape index (κ1) is 15.1. The minimum Gasteiger partial charge on any atom is -0.298 e. The molecule has 0 heterocycles. The van der Waals surface area contributed by atoms with E-state index in [2.05, 4.69) is 10.9 Å². The highest BCUT2D eigenvalue weighted by Gasteiger charge is 2.06. The van der Waals surface area contributed by atoms with Gasteiger partial charge in [-0.3, -0.25) is 15.6 Å². The Bertz CT molecular complexity index is 621. The summed E-state index contributed by atoms with van der Waals surface area (Å²) >= 11 is 5.81. The van der Waals surface area contributed by atoms with Gasteiger partial charge in [-0.1, -0.05) is 54.9 Å². The predicted octanol–water partition coefficient (Wildman–Crippen LogP) is 4.03. The van der Waals surface area contributed by atoms with Crippen molar-refractivity contribution in [3.63, 3.8) is 0 Å². The molecule has 2 rings (SSSR count). The molecule has 0 aliphatic rings. The van der Waals surface area contributed by atoms with Gasteiger partial charge < -0.3 is 0 Å². The molecule has 1 amide bonds. The second kappa shape index (κ2) is 7.50. The summed E-state index contributed by atoms with van der Waals surface area (Å²) in [6, 6.07) is 16.6. The first-order chi connectivity index (χ1) is 10.2. The minimum absolute atomic E-state index is 0.204. The van der Waals surface area contributed by atoms with E-state index in [1.165, 1.54) is 0 Å². The zero-order valence-corrected chi connectivity index (χ0v) is 12.5. The van der Waals surface area contributed by atoms with Gasteiger partial charge in [0.15, 0.2) is 0 Å². The van der Waals surface area contributed by atoms with E-state index in [-0.39, 0.29) is 5.91 Å². The van der Waals surface area contributed by atoms with Crippen molar-refractivity contribution in [1.29, 1.82) is 0 Å². The van der Waals surface area contributed by atoms with Gasteiger partial charge in [0.2, 0.25) is 0 Å². The van der Waals surface area contributed by atoms with Crippen LogP contribution in [-0.4, -0.2) is 5.91 Å². The van der Waals surface area contributed by atoms with E-state index in [0.29, 0.717) is 10.6 Å². The fourth-order valence-corrected chi connectivity index (χ4v) is 1.99. The molecule has 0 atom stereocenters. The van der Waals surface area contributed by atoms with Crippen LogP contribution in [0.3, 0.4) is 0 Å². The third-order valence-corrected chi connectivity index (χ3v) is 3.16. The number of carbonyl (C=O) groups excluding carboxylic acids is 1. The third kappa shape index (κ3) is 4.36. The molecule has 2 aromatic rings. The second-order valence-corrected chi connectivity index (χ2v) is 4.91. The Morgan fingerprint density at radius 3 is 2.29 bits per heavy atom. The SMILES string of the molecule is CCC=C(NNC(=O)c1ccc(Cl)cc1)c1ccccc1. The van der Waals surface area contributed by atoms with Gasteiger partial charge in [-0.25, -0.2) is 0 Å². The van der Waals surface area contributed by atoms with Gasteiger partial charge in [0.1, 0.15) is 0 Å². The molecule has 0 unspecified atom stereocenters. The number of carbonyl (C=O) groups is 1. The zero-order chi connectivity index (χ0) is 15.1. The molecule has 0 aromatic heterocycles. The van der Waals surface area contributed by atoms with Crippen molar-refractivity contribution in [3.05, 3.63) is 76.8 Å². The van der Waals surface area contributed by atoms with Crippen molar-refractivity contribution in [1.82, 2.24) is 10.9 Å². The minimum atomic E-state index is -0.204. The van der Waals surface area contributed by atoms with Gasteiger partial charge in [0, 0.05) is 10.6 Å². The Labute approximate surface area is 129 Å². The van der Waals surface area contributed by atoms with Gasteiger partial charge in [-0.2, -0.15) is 0 Å². The summed E-state index contributed by atoms with van der Waals surface area (Å²) in [5.74, 6) is -0.204. The number of amides is 1. The maximum atomic E-state index is 12.1. The lowest BCUT2D eigenvalue weighted by molar-refractivity contribution is 0.0942. The van der Waals surface area contributed by atoms with Crippen molar-refractivity contribution in [2.75, 3.05) is 0 Å². The lowest BCUT2D eigenvalue weighted by atomic mass is 10.1. The molecule has 0 aliphatic heterocycles. The summed E-state index contributed by atoms with van der Waals surface area (Å²) in [6.07, 6.45) is 2.89. The Balaban J connectivity index is 2.04. The van der Waals surface area contributed by atoms with E-state index in [0.717, 1.165) is 17.7 Å². The van der Waals surface area contributed by atoms with Crippen LogP contribution in [0.1, 0.15) is 29.3 Å². The predicted molar refractivity (Wildman–Crippen MR) is 86.8 cm³/mol. The number of benzene rings is 2. The highest BCUT2D eigenvalue weighted by atomic mass is 35.5. The first-order valence-corrected chi connectivity index (χ1v) is 7.16. The van der Waals surface area contributed by atoms with E-state index in [9.17, 15) is 4.79 Å². The first-order valence-electron chi connectivity index (χ1n) is 6.78. The molecule has 0 fully saturated rings. The number of nitrogens with one attached hydrogen (secondary N) is 2. The van der Waals surface area contributed by atoms with Crippen molar-refractivity contribution in [3.8, 4) is 0 Å².